The lowest BCUT2D eigenvalue weighted by atomic mass is 9.99. The van der Waals surface area contributed by atoms with E-state index in [1.165, 1.54) is 25.0 Å². The Labute approximate surface area is 113 Å². The molecular formula is C15H20FNO2. The Morgan fingerprint density at radius 3 is 2.74 bits per heavy atom. The lowest BCUT2D eigenvalue weighted by molar-refractivity contribution is -0.0171. The van der Waals surface area contributed by atoms with Crippen LogP contribution in [-0.4, -0.2) is 43.9 Å². The predicted molar refractivity (Wildman–Crippen MR) is 70.8 cm³/mol. The molecule has 0 aliphatic carbocycles. The van der Waals surface area contributed by atoms with Gasteiger partial charge in [-0.15, -0.1) is 0 Å². The molecule has 2 aliphatic rings. The summed E-state index contributed by atoms with van der Waals surface area (Å²) < 4.78 is 24.0. The Balaban J connectivity index is 1.39. The van der Waals surface area contributed by atoms with Crippen LogP contribution in [-0.2, 0) is 4.74 Å². The highest BCUT2D eigenvalue weighted by Crippen LogP contribution is 2.21. The molecule has 0 radical (unpaired) electrons. The number of nitrogens with zero attached hydrogens (tertiary/aromatic N) is 1. The molecule has 0 saturated carbocycles. The fourth-order valence-electron chi connectivity index (χ4n) is 2.77. The van der Waals surface area contributed by atoms with E-state index in [-0.39, 0.29) is 11.9 Å². The molecule has 1 aromatic carbocycles. The molecule has 0 amide bonds. The number of benzene rings is 1. The smallest absolute Gasteiger partial charge is 0.124 e. The van der Waals surface area contributed by atoms with Crippen LogP contribution >= 0.6 is 0 Å². The lowest BCUT2D eigenvalue weighted by Gasteiger charge is -2.41. The SMILES string of the molecule is Fc1ccc(OC2CN(C[C@@H]3CCCOC3)C2)cc1. The van der Waals surface area contributed by atoms with Crippen LogP contribution in [0.15, 0.2) is 24.3 Å². The largest absolute Gasteiger partial charge is 0.488 e. The van der Waals surface area contributed by atoms with Gasteiger partial charge in [-0.3, -0.25) is 4.90 Å². The number of halogens is 1. The van der Waals surface area contributed by atoms with Crippen molar-refractivity contribution in [2.45, 2.75) is 18.9 Å². The van der Waals surface area contributed by atoms with Crippen molar-refractivity contribution in [3.05, 3.63) is 30.1 Å². The zero-order valence-corrected chi connectivity index (χ0v) is 11.1. The summed E-state index contributed by atoms with van der Waals surface area (Å²) in [5.41, 5.74) is 0. The maximum absolute atomic E-state index is 12.8. The first-order chi connectivity index (χ1) is 9.29. The molecule has 4 heteroatoms. The summed E-state index contributed by atoms with van der Waals surface area (Å²) in [4.78, 5) is 2.41. The Morgan fingerprint density at radius 1 is 1.26 bits per heavy atom. The Hall–Kier alpha value is -1.13. The van der Waals surface area contributed by atoms with Crippen molar-refractivity contribution in [1.82, 2.24) is 4.90 Å². The molecular weight excluding hydrogens is 245 g/mol. The van der Waals surface area contributed by atoms with Crippen molar-refractivity contribution in [3.8, 4) is 5.75 Å². The van der Waals surface area contributed by atoms with Crippen molar-refractivity contribution in [2.24, 2.45) is 5.92 Å². The number of rotatable bonds is 4. The third-order valence-electron chi connectivity index (χ3n) is 3.81. The molecule has 0 aromatic heterocycles. The Bertz CT molecular complexity index is 397. The maximum Gasteiger partial charge on any atom is 0.124 e. The normalized spacial score (nSPS) is 25.0. The minimum atomic E-state index is -0.222. The molecule has 19 heavy (non-hydrogen) atoms. The number of ether oxygens (including phenoxy) is 2. The first-order valence-corrected chi connectivity index (χ1v) is 7.02. The molecule has 0 unspecified atom stereocenters. The van der Waals surface area contributed by atoms with Crippen LogP contribution in [0.4, 0.5) is 4.39 Å². The molecule has 2 fully saturated rings. The highest BCUT2D eigenvalue weighted by molar-refractivity contribution is 5.22. The molecule has 0 spiro atoms. The van der Waals surface area contributed by atoms with Crippen LogP contribution in [0.1, 0.15) is 12.8 Å². The van der Waals surface area contributed by atoms with Crippen molar-refractivity contribution in [3.63, 3.8) is 0 Å². The second-order valence-corrected chi connectivity index (χ2v) is 5.50. The summed E-state index contributed by atoms with van der Waals surface area (Å²) in [5.74, 6) is 1.22. The van der Waals surface area contributed by atoms with Crippen molar-refractivity contribution in [2.75, 3.05) is 32.8 Å². The van der Waals surface area contributed by atoms with Crippen LogP contribution < -0.4 is 4.74 Å². The van der Waals surface area contributed by atoms with E-state index in [0.29, 0.717) is 5.92 Å². The molecule has 1 aromatic rings. The van der Waals surface area contributed by atoms with Gasteiger partial charge in [0.1, 0.15) is 17.7 Å². The summed E-state index contributed by atoms with van der Waals surface area (Å²) in [6.07, 6.45) is 2.71. The van der Waals surface area contributed by atoms with E-state index in [2.05, 4.69) is 4.90 Å². The molecule has 1 atom stereocenters. The molecule has 0 N–H and O–H groups in total. The minimum Gasteiger partial charge on any atom is -0.488 e. The van der Waals surface area contributed by atoms with Gasteiger partial charge in [-0.2, -0.15) is 0 Å². The van der Waals surface area contributed by atoms with Gasteiger partial charge in [0.05, 0.1) is 6.61 Å². The quantitative estimate of drug-likeness (QED) is 0.834. The topological polar surface area (TPSA) is 21.7 Å². The third-order valence-corrected chi connectivity index (χ3v) is 3.81. The molecule has 0 bridgehead atoms. The predicted octanol–water partition coefficient (Wildman–Crippen LogP) is 2.32. The second-order valence-electron chi connectivity index (χ2n) is 5.50. The van der Waals surface area contributed by atoms with E-state index in [1.54, 1.807) is 12.1 Å². The van der Waals surface area contributed by atoms with E-state index in [0.717, 1.165) is 38.6 Å². The summed E-state index contributed by atoms with van der Waals surface area (Å²) in [7, 11) is 0. The van der Waals surface area contributed by atoms with Gasteiger partial charge in [0, 0.05) is 26.2 Å². The van der Waals surface area contributed by atoms with E-state index in [9.17, 15) is 4.39 Å². The molecule has 2 heterocycles. The average molecular weight is 265 g/mol. The Kier molecular flexibility index (Phi) is 3.99. The summed E-state index contributed by atoms with van der Waals surface area (Å²) in [6.45, 7) is 4.87. The fraction of sp³-hybridized carbons (Fsp3) is 0.600. The third kappa shape index (κ3) is 3.45. The van der Waals surface area contributed by atoms with Crippen molar-refractivity contribution >= 4 is 0 Å². The summed E-state index contributed by atoms with van der Waals surface area (Å²) >= 11 is 0. The minimum absolute atomic E-state index is 0.222. The average Bonchev–Trinajstić information content (AvgIpc) is 2.40. The van der Waals surface area contributed by atoms with Gasteiger partial charge in [0.2, 0.25) is 0 Å². The number of hydrogen-bond donors (Lipinski definition) is 0. The first kappa shape index (κ1) is 12.9. The monoisotopic (exact) mass is 265 g/mol. The lowest BCUT2D eigenvalue weighted by Crippen LogP contribution is -2.55. The molecule has 2 aliphatic heterocycles. The van der Waals surface area contributed by atoms with Gasteiger partial charge < -0.3 is 9.47 Å². The number of likely N-dealkylation sites (tertiary alicyclic amines) is 1. The van der Waals surface area contributed by atoms with Crippen LogP contribution in [0.3, 0.4) is 0 Å². The zero-order valence-electron chi connectivity index (χ0n) is 11.1. The van der Waals surface area contributed by atoms with E-state index in [1.807, 2.05) is 0 Å². The molecule has 3 nitrogen and oxygen atoms in total. The highest BCUT2D eigenvalue weighted by Gasteiger charge is 2.30. The van der Waals surface area contributed by atoms with Crippen LogP contribution in [0.25, 0.3) is 0 Å². The van der Waals surface area contributed by atoms with E-state index >= 15 is 0 Å². The van der Waals surface area contributed by atoms with Crippen molar-refractivity contribution in [1.29, 1.82) is 0 Å². The number of hydrogen-bond acceptors (Lipinski definition) is 3. The van der Waals surface area contributed by atoms with Crippen LogP contribution in [0, 0.1) is 11.7 Å². The fourth-order valence-corrected chi connectivity index (χ4v) is 2.77. The summed E-state index contributed by atoms with van der Waals surface area (Å²) in [6, 6.07) is 6.25. The Morgan fingerprint density at radius 2 is 2.05 bits per heavy atom. The first-order valence-electron chi connectivity index (χ1n) is 7.02. The van der Waals surface area contributed by atoms with E-state index < -0.39 is 0 Å². The molecule has 3 rings (SSSR count). The highest BCUT2D eigenvalue weighted by atomic mass is 19.1. The van der Waals surface area contributed by atoms with Crippen LogP contribution in [0.2, 0.25) is 0 Å². The maximum atomic E-state index is 12.8. The van der Waals surface area contributed by atoms with Gasteiger partial charge in [-0.25, -0.2) is 4.39 Å². The molecule has 104 valence electrons. The van der Waals surface area contributed by atoms with Gasteiger partial charge in [0.25, 0.3) is 0 Å². The van der Waals surface area contributed by atoms with Gasteiger partial charge >= 0.3 is 0 Å². The van der Waals surface area contributed by atoms with Gasteiger partial charge in [0.15, 0.2) is 0 Å². The zero-order chi connectivity index (χ0) is 13.1. The van der Waals surface area contributed by atoms with Gasteiger partial charge in [-0.1, -0.05) is 0 Å². The van der Waals surface area contributed by atoms with Gasteiger partial charge in [-0.05, 0) is 43.0 Å². The van der Waals surface area contributed by atoms with Crippen LogP contribution in [0.5, 0.6) is 5.75 Å². The summed E-state index contributed by atoms with van der Waals surface area (Å²) in [5, 5.41) is 0. The second kappa shape index (κ2) is 5.88. The standard InChI is InChI=1S/C15H20FNO2/c16-13-3-5-14(6-4-13)19-15-9-17(10-15)8-12-2-1-7-18-11-12/h3-6,12,15H,1-2,7-11H2/t12-/m0/s1. The van der Waals surface area contributed by atoms with E-state index in [4.69, 9.17) is 9.47 Å². The molecule has 2 saturated heterocycles. The van der Waals surface area contributed by atoms with Crippen molar-refractivity contribution < 1.29 is 13.9 Å².